The van der Waals surface area contributed by atoms with Gasteiger partial charge in [-0.1, -0.05) is 43.6 Å². The third-order valence-electron chi connectivity index (χ3n) is 2.13. The molecule has 0 heteroatoms. The van der Waals surface area contributed by atoms with Crippen LogP contribution in [0.15, 0.2) is 23.8 Å². The fourth-order valence-electron chi connectivity index (χ4n) is 1.40. The second-order valence-corrected chi connectivity index (χ2v) is 3.22. The van der Waals surface area contributed by atoms with Gasteiger partial charge in [0.15, 0.2) is 0 Å². The summed E-state index contributed by atoms with van der Waals surface area (Å²) in [6, 6.07) is 0. The molecule has 0 aromatic rings. The maximum absolute atomic E-state index is 2.36. The van der Waals surface area contributed by atoms with Gasteiger partial charge in [-0.25, -0.2) is 0 Å². The first-order chi connectivity index (χ1) is 5.43. The number of rotatable bonds is 4. The first-order valence-corrected chi connectivity index (χ1v) is 4.79. The molecule has 0 fully saturated rings. The monoisotopic (exact) mass is 150 g/mol. The highest BCUT2D eigenvalue weighted by Crippen LogP contribution is 2.18. The Bertz CT molecular complexity index is 151. The van der Waals surface area contributed by atoms with Crippen LogP contribution in [0, 0.1) is 0 Å². The molecule has 1 aliphatic rings. The minimum absolute atomic E-state index is 1.26. The van der Waals surface area contributed by atoms with Crippen molar-refractivity contribution in [3.05, 3.63) is 23.8 Å². The Morgan fingerprint density at radius 1 is 1.55 bits per heavy atom. The van der Waals surface area contributed by atoms with Gasteiger partial charge in [0.05, 0.1) is 0 Å². The summed E-state index contributed by atoms with van der Waals surface area (Å²) in [7, 11) is 0. The first kappa shape index (κ1) is 8.58. The lowest BCUT2D eigenvalue weighted by molar-refractivity contribution is 0.813. The van der Waals surface area contributed by atoms with Crippen molar-refractivity contribution < 1.29 is 0 Å². The maximum Gasteiger partial charge on any atom is -0.0279 e. The van der Waals surface area contributed by atoms with Gasteiger partial charge in [0.2, 0.25) is 0 Å². The van der Waals surface area contributed by atoms with Crippen LogP contribution in [0.2, 0.25) is 0 Å². The summed E-state index contributed by atoms with van der Waals surface area (Å²) in [4.78, 5) is 0. The molecule has 11 heavy (non-hydrogen) atoms. The third kappa shape index (κ3) is 3.41. The second kappa shape index (κ2) is 5.17. The molecule has 0 heterocycles. The van der Waals surface area contributed by atoms with Gasteiger partial charge in [-0.3, -0.25) is 0 Å². The van der Waals surface area contributed by atoms with Crippen molar-refractivity contribution in [3.63, 3.8) is 0 Å². The van der Waals surface area contributed by atoms with Gasteiger partial charge in [-0.05, 0) is 25.7 Å². The van der Waals surface area contributed by atoms with Crippen LogP contribution in [0.5, 0.6) is 0 Å². The van der Waals surface area contributed by atoms with E-state index >= 15 is 0 Å². The lowest BCUT2D eigenvalue weighted by atomic mass is 10.2. The van der Waals surface area contributed by atoms with Gasteiger partial charge in [0.1, 0.15) is 0 Å². The maximum atomic E-state index is 2.36. The van der Waals surface area contributed by atoms with E-state index in [1.807, 2.05) is 0 Å². The van der Waals surface area contributed by atoms with Crippen LogP contribution in [0.1, 0.15) is 45.4 Å². The molecular formula is C11H18. The number of hydrogen-bond acceptors (Lipinski definition) is 0. The predicted molar refractivity (Wildman–Crippen MR) is 50.6 cm³/mol. The van der Waals surface area contributed by atoms with Crippen LogP contribution in [-0.2, 0) is 0 Å². The Balaban J connectivity index is 2.13. The highest BCUT2D eigenvalue weighted by atomic mass is 14.0. The SMILES string of the molecule is CCCC/C=C\C1=CCCC1. The summed E-state index contributed by atoms with van der Waals surface area (Å²) in [5.41, 5.74) is 1.56. The zero-order chi connectivity index (χ0) is 7.94. The van der Waals surface area contributed by atoms with Crippen LogP contribution in [0.25, 0.3) is 0 Å². The summed E-state index contributed by atoms with van der Waals surface area (Å²) >= 11 is 0. The summed E-state index contributed by atoms with van der Waals surface area (Å²) in [5, 5.41) is 0. The van der Waals surface area contributed by atoms with E-state index in [1.54, 1.807) is 5.57 Å². The molecule has 0 saturated heterocycles. The molecule has 0 aromatic carbocycles. The second-order valence-electron chi connectivity index (χ2n) is 3.22. The molecular weight excluding hydrogens is 132 g/mol. The smallest absolute Gasteiger partial charge is 0.0279 e. The van der Waals surface area contributed by atoms with E-state index in [0.29, 0.717) is 0 Å². The highest BCUT2D eigenvalue weighted by Gasteiger charge is 1.98. The van der Waals surface area contributed by atoms with E-state index in [0.717, 1.165) is 0 Å². The average molecular weight is 150 g/mol. The predicted octanol–water partition coefficient (Wildman–Crippen LogP) is 3.84. The molecule has 0 spiro atoms. The van der Waals surface area contributed by atoms with Crippen molar-refractivity contribution in [1.82, 2.24) is 0 Å². The Hall–Kier alpha value is -0.520. The minimum Gasteiger partial charge on any atom is -0.0843 e. The topological polar surface area (TPSA) is 0 Å². The molecule has 0 N–H and O–H groups in total. The third-order valence-corrected chi connectivity index (χ3v) is 2.13. The van der Waals surface area contributed by atoms with Crippen LogP contribution in [0.4, 0.5) is 0 Å². The fraction of sp³-hybridized carbons (Fsp3) is 0.636. The Morgan fingerprint density at radius 3 is 3.09 bits per heavy atom. The molecule has 0 radical (unpaired) electrons. The van der Waals surface area contributed by atoms with Gasteiger partial charge < -0.3 is 0 Å². The quantitative estimate of drug-likeness (QED) is 0.534. The van der Waals surface area contributed by atoms with Crippen molar-refractivity contribution in [3.8, 4) is 0 Å². The van der Waals surface area contributed by atoms with Gasteiger partial charge >= 0.3 is 0 Å². The zero-order valence-corrected chi connectivity index (χ0v) is 7.47. The lowest BCUT2D eigenvalue weighted by Gasteiger charge is -1.91. The molecule has 0 amide bonds. The molecule has 1 aliphatic carbocycles. The average Bonchev–Trinajstić information content (AvgIpc) is 2.50. The lowest BCUT2D eigenvalue weighted by Crippen LogP contribution is -1.70. The van der Waals surface area contributed by atoms with Crippen LogP contribution in [-0.4, -0.2) is 0 Å². The molecule has 0 aliphatic heterocycles. The molecule has 0 aromatic heterocycles. The summed E-state index contributed by atoms with van der Waals surface area (Å²) in [6.45, 7) is 2.24. The van der Waals surface area contributed by atoms with Crippen molar-refractivity contribution in [2.24, 2.45) is 0 Å². The first-order valence-electron chi connectivity index (χ1n) is 4.79. The van der Waals surface area contributed by atoms with Gasteiger partial charge in [0, 0.05) is 0 Å². The largest absolute Gasteiger partial charge is 0.0843 e. The van der Waals surface area contributed by atoms with Crippen molar-refractivity contribution >= 4 is 0 Å². The van der Waals surface area contributed by atoms with Crippen molar-refractivity contribution in [2.45, 2.75) is 45.4 Å². The van der Waals surface area contributed by atoms with Crippen LogP contribution in [0.3, 0.4) is 0 Å². The standard InChI is InChI=1S/C11H18/c1-2-3-4-5-8-11-9-6-7-10-11/h5,8-9H,2-4,6-7,10H2,1H3/b8-5-. The van der Waals surface area contributed by atoms with E-state index in [9.17, 15) is 0 Å². The normalized spacial score (nSPS) is 17.7. The van der Waals surface area contributed by atoms with Crippen LogP contribution >= 0.6 is 0 Å². The van der Waals surface area contributed by atoms with E-state index in [-0.39, 0.29) is 0 Å². The molecule has 0 saturated carbocycles. The van der Waals surface area contributed by atoms with Crippen molar-refractivity contribution in [2.75, 3.05) is 0 Å². The summed E-state index contributed by atoms with van der Waals surface area (Å²) in [6.07, 6.45) is 14.9. The Labute approximate surface area is 70.0 Å². The van der Waals surface area contributed by atoms with E-state index in [2.05, 4.69) is 25.2 Å². The highest BCUT2D eigenvalue weighted by molar-refractivity contribution is 5.21. The number of unbranched alkanes of at least 4 members (excludes halogenated alkanes) is 2. The van der Waals surface area contributed by atoms with Gasteiger partial charge in [-0.15, -0.1) is 0 Å². The summed E-state index contributed by atoms with van der Waals surface area (Å²) in [5.74, 6) is 0. The Kier molecular flexibility index (Phi) is 4.03. The molecule has 62 valence electrons. The minimum atomic E-state index is 1.26. The molecule has 0 unspecified atom stereocenters. The Morgan fingerprint density at radius 2 is 2.45 bits per heavy atom. The molecule has 0 bridgehead atoms. The van der Waals surface area contributed by atoms with Gasteiger partial charge in [-0.2, -0.15) is 0 Å². The van der Waals surface area contributed by atoms with E-state index < -0.39 is 0 Å². The van der Waals surface area contributed by atoms with Crippen molar-refractivity contribution in [1.29, 1.82) is 0 Å². The molecule has 0 nitrogen and oxygen atoms in total. The number of allylic oxidation sites excluding steroid dienone is 4. The van der Waals surface area contributed by atoms with Crippen LogP contribution < -0.4 is 0 Å². The van der Waals surface area contributed by atoms with E-state index in [1.165, 1.54) is 38.5 Å². The van der Waals surface area contributed by atoms with E-state index in [4.69, 9.17) is 0 Å². The fourth-order valence-corrected chi connectivity index (χ4v) is 1.40. The van der Waals surface area contributed by atoms with Gasteiger partial charge in [0.25, 0.3) is 0 Å². The molecule has 0 atom stereocenters. The zero-order valence-electron chi connectivity index (χ0n) is 7.47. The summed E-state index contributed by atoms with van der Waals surface area (Å²) < 4.78 is 0. The molecule has 1 rings (SSSR count). The number of hydrogen-bond donors (Lipinski definition) is 0.